The van der Waals surface area contributed by atoms with Crippen molar-refractivity contribution in [3.8, 4) is 11.5 Å². The van der Waals surface area contributed by atoms with Gasteiger partial charge in [-0.1, -0.05) is 33.6 Å². The Kier molecular flexibility index (Phi) is 5.09. The molecule has 0 saturated heterocycles. The number of halogens is 1. The number of amides is 1. The number of nitrogens with one attached hydrogen (secondary N) is 1. The van der Waals surface area contributed by atoms with Gasteiger partial charge in [-0.05, 0) is 43.7 Å². The van der Waals surface area contributed by atoms with Crippen LogP contribution in [-0.2, 0) is 4.79 Å². The molecule has 1 amide bonds. The molecule has 0 saturated carbocycles. The topological polar surface area (TPSA) is 47.6 Å². The summed E-state index contributed by atoms with van der Waals surface area (Å²) in [6.45, 7) is 4.61. The van der Waals surface area contributed by atoms with Crippen LogP contribution in [0.25, 0.3) is 0 Å². The molecule has 1 aliphatic heterocycles. The highest BCUT2D eigenvalue weighted by Gasteiger charge is 2.23. The summed E-state index contributed by atoms with van der Waals surface area (Å²) in [6, 6.07) is 11.7. The number of ether oxygens (including phenoxy) is 2. The fraction of sp³-hybridized carbons (Fsp3) is 0.316. The van der Waals surface area contributed by atoms with Crippen molar-refractivity contribution < 1.29 is 14.3 Å². The first-order chi connectivity index (χ1) is 11.5. The lowest BCUT2D eigenvalue weighted by atomic mass is 10.0. The Labute approximate surface area is 150 Å². The van der Waals surface area contributed by atoms with E-state index in [9.17, 15) is 4.79 Å². The largest absolute Gasteiger partial charge is 0.493 e. The molecule has 126 valence electrons. The molecular formula is C19H20BrNO3. The van der Waals surface area contributed by atoms with Crippen LogP contribution in [0.4, 0.5) is 0 Å². The number of hydrogen-bond donors (Lipinski definition) is 1. The number of fused-ring (bicyclic) bond motifs is 1. The molecule has 0 aliphatic carbocycles. The Morgan fingerprint density at radius 3 is 2.92 bits per heavy atom. The monoisotopic (exact) mass is 389 g/mol. The summed E-state index contributed by atoms with van der Waals surface area (Å²) in [6.07, 6.45) is 0.749. The maximum absolute atomic E-state index is 12.3. The zero-order chi connectivity index (χ0) is 17.1. The Morgan fingerprint density at radius 1 is 1.29 bits per heavy atom. The predicted octanol–water partition coefficient (Wildman–Crippen LogP) is 4.08. The van der Waals surface area contributed by atoms with E-state index in [1.807, 2.05) is 50.2 Å². The van der Waals surface area contributed by atoms with Crippen molar-refractivity contribution in [3.63, 3.8) is 0 Å². The fourth-order valence-electron chi connectivity index (χ4n) is 2.86. The maximum Gasteiger partial charge on any atom is 0.258 e. The van der Waals surface area contributed by atoms with Crippen LogP contribution in [0.3, 0.4) is 0 Å². The quantitative estimate of drug-likeness (QED) is 0.856. The molecule has 0 bridgehead atoms. The molecule has 1 N–H and O–H groups in total. The van der Waals surface area contributed by atoms with Crippen molar-refractivity contribution in [2.75, 3.05) is 13.2 Å². The van der Waals surface area contributed by atoms with Crippen LogP contribution in [0.15, 0.2) is 40.9 Å². The Morgan fingerprint density at radius 2 is 2.12 bits per heavy atom. The van der Waals surface area contributed by atoms with Crippen LogP contribution >= 0.6 is 15.9 Å². The SMILES string of the molecule is Cc1ccc(OCC(=O)NC2CCOc3ccc(Br)cc32)c(C)c1. The number of benzene rings is 2. The van der Waals surface area contributed by atoms with Gasteiger partial charge in [0.2, 0.25) is 0 Å². The van der Waals surface area contributed by atoms with Crippen molar-refractivity contribution in [1.82, 2.24) is 5.32 Å². The molecule has 2 aromatic rings. The predicted molar refractivity (Wildman–Crippen MR) is 96.5 cm³/mol. The summed E-state index contributed by atoms with van der Waals surface area (Å²) >= 11 is 3.47. The van der Waals surface area contributed by atoms with Crippen LogP contribution in [-0.4, -0.2) is 19.1 Å². The van der Waals surface area contributed by atoms with Gasteiger partial charge in [0.1, 0.15) is 11.5 Å². The van der Waals surface area contributed by atoms with Gasteiger partial charge in [0.15, 0.2) is 6.61 Å². The molecule has 0 aromatic heterocycles. The molecule has 1 atom stereocenters. The molecule has 4 nitrogen and oxygen atoms in total. The van der Waals surface area contributed by atoms with Gasteiger partial charge in [-0.25, -0.2) is 0 Å². The lowest BCUT2D eigenvalue weighted by Gasteiger charge is -2.27. The summed E-state index contributed by atoms with van der Waals surface area (Å²) in [5.74, 6) is 1.43. The summed E-state index contributed by atoms with van der Waals surface area (Å²) in [4.78, 5) is 12.3. The second kappa shape index (κ2) is 7.26. The molecule has 0 spiro atoms. The van der Waals surface area contributed by atoms with E-state index >= 15 is 0 Å². The first-order valence-corrected chi connectivity index (χ1v) is 8.74. The van der Waals surface area contributed by atoms with Crippen molar-refractivity contribution in [1.29, 1.82) is 0 Å². The third-order valence-electron chi connectivity index (χ3n) is 4.04. The Bertz CT molecular complexity index is 760. The van der Waals surface area contributed by atoms with Gasteiger partial charge in [-0.3, -0.25) is 4.79 Å². The lowest BCUT2D eigenvalue weighted by Crippen LogP contribution is -2.35. The fourth-order valence-corrected chi connectivity index (χ4v) is 3.23. The molecule has 1 aliphatic rings. The third-order valence-corrected chi connectivity index (χ3v) is 4.53. The number of carbonyl (C=O) groups excluding carboxylic acids is 1. The zero-order valence-electron chi connectivity index (χ0n) is 13.8. The lowest BCUT2D eigenvalue weighted by molar-refractivity contribution is -0.124. The molecule has 3 rings (SSSR count). The third kappa shape index (κ3) is 3.90. The molecule has 0 radical (unpaired) electrons. The minimum atomic E-state index is -0.132. The number of hydrogen-bond acceptors (Lipinski definition) is 3. The van der Waals surface area contributed by atoms with Crippen LogP contribution in [0, 0.1) is 13.8 Å². The van der Waals surface area contributed by atoms with E-state index in [0.717, 1.165) is 33.5 Å². The van der Waals surface area contributed by atoms with Gasteiger partial charge < -0.3 is 14.8 Å². The molecule has 1 heterocycles. The van der Waals surface area contributed by atoms with E-state index in [1.165, 1.54) is 5.56 Å². The molecule has 1 unspecified atom stereocenters. The average Bonchev–Trinajstić information content (AvgIpc) is 2.54. The highest BCUT2D eigenvalue weighted by molar-refractivity contribution is 9.10. The van der Waals surface area contributed by atoms with E-state index in [1.54, 1.807) is 0 Å². The summed E-state index contributed by atoms with van der Waals surface area (Å²) in [5.41, 5.74) is 3.20. The standard InChI is InChI=1S/C19H20BrNO3/c1-12-3-5-17(13(2)9-12)24-11-19(22)21-16-7-8-23-18-6-4-14(20)10-15(16)18/h3-6,9-10,16H,7-8,11H2,1-2H3,(H,21,22). The van der Waals surface area contributed by atoms with Crippen LogP contribution in [0.5, 0.6) is 11.5 Å². The van der Waals surface area contributed by atoms with Crippen LogP contribution in [0.2, 0.25) is 0 Å². The smallest absolute Gasteiger partial charge is 0.258 e. The van der Waals surface area contributed by atoms with Gasteiger partial charge in [-0.2, -0.15) is 0 Å². The summed E-state index contributed by atoms with van der Waals surface area (Å²) in [5, 5.41) is 3.04. The van der Waals surface area contributed by atoms with Crippen molar-refractivity contribution in [3.05, 3.63) is 57.6 Å². The Balaban J connectivity index is 1.63. The maximum atomic E-state index is 12.3. The normalized spacial score (nSPS) is 16.0. The van der Waals surface area contributed by atoms with E-state index < -0.39 is 0 Å². The van der Waals surface area contributed by atoms with Crippen molar-refractivity contribution in [2.24, 2.45) is 0 Å². The van der Waals surface area contributed by atoms with Gasteiger partial charge >= 0.3 is 0 Å². The Hall–Kier alpha value is -2.01. The van der Waals surface area contributed by atoms with Crippen LogP contribution in [0.1, 0.15) is 29.2 Å². The van der Waals surface area contributed by atoms with Gasteiger partial charge in [0, 0.05) is 16.5 Å². The van der Waals surface area contributed by atoms with Crippen LogP contribution < -0.4 is 14.8 Å². The minimum Gasteiger partial charge on any atom is -0.493 e. The molecule has 2 aromatic carbocycles. The minimum absolute atomic E-state index is 0.00456. The van der Waals surface area contributed by atoms with E-state index in [2.05, 4.69) is 21.2 Å². The molecule has 24 heavy (non-hydrogen) atoms. The van der Waals surface area contributed by atoms with Gasteiger partial charge in [-0.15, -0.1) is 0 Å². The first-order valence-electron chi connectivity index (χ1n) is 7.94. The first kappa shape index (κ1) is 16.8. The molecular weight excluding hydrogens is 370 g/mol. The zero-order valence-corrected chi connectivity index (χ0v) is 15.4. The van der Waals surface area contributed by atoms with Gasteiger partial charge in [0.05, 0.1) is 12.6 Å². The molecule has 5 heteroatoms. The van der Waals surface area contributed by atoms with E-state index in [0.29, 0.717) is 6.61 Å². The second-order valence-corrected chi connectivity index (χ2v) is 6.91. The highest BCUT2D eigenvalue weighted by Crippen LogP contribution is 2.34. The summed E-state index contributed by atoms with van der Waals surface area (Å²) in [7, 11) is 0. The average molecular weight is 390 g/mol. The number of aryl methyl sites for hydroxylation is 2. The second-order valence-electron chi connectivity index (χ2n) is 6.00. The highest BCUT2D eigenvalue weighted by atomic mass is 79.9. The number of carbonyl (C=O) groups is 1. The van der Waals surface area contributed by atoms with Crippen molar-refractivity contribution >= 4 is 21.8 Å². The van der Waals surface area contributed by atoms with E-state index in [4.69, 9.17) is 9.47 Å². The number of rotatable bonds is 4. The molecule has 0 fully saturated rings. The van der Waals surface area contributed by atoms with Crippen molar-refractivity contribution in [2.45, 2.75) is 26.3 Å². The van der Waals surface area contributed by atoms with Gasteiger partial charge in [0.25, 0.3) is 5.91 Å². The summed E-state index contributed by atoms with van der Waals surface area (Å²) < 4.78 is 12.3. The van der Waals surface area contributed by atoms with E-state index in [-0.39, 0.29) is 18.6 Å².